The van der Waals surface area contributed by atoms with Gasteiger partial charge in [0.25, 0.3) is 5.17 Å². The molecule has 2 nitrogen and oxygen atoms in total. The molecule has 1 aromatic carbocycles. The van der Waals surface area contributed by atoms with E-state index in [1.165, 1.54) is 57.1 Å². The lowest BCUT2D eigenvalue weighted by Crippen LogP contribution is -2.50. The minimum Gasteiger partial charge on any atom is -0.467 e. The molecule has 132 valence electrons. The molecule has 0 heterocycles. The van der Waals surface area contributed by atoms with Crippen LogP contribution in [0, 0.1) is 17.2 Å². The SMILES string of the molecule is CCCC1CCC2(CC1)CCC2OC(=S)NCc1cccc(F)c1. The van der Waals surface area contributed by atoms with Crippen molar-refractivity contribution in [2.24, 2.45) is 11.3 Å². The quantitative estimate of drug-likeness (QED) is 0.724. The Kier molecular flexibility index (Phi) is 5.75. The van der Waals surface area contributed by atoms with E-state index in [2.05, 4.69) is 12.2 Å². The molecule has 24 heavy (non-hydrogen) atoms. The molecule has 2 saturated carbocycles. The fourth-order valence-electron chi connectivity index (χ4n) is 4.37. The van der Waals surface area contributed by atoms with Crippen molar-refractivity contribution in [3.05, 3.63) is 35.6 Å². The van der Waals surface area contributed by atoms with E-state index >= 15 is 0 Å². The third-order valence-corrected chi connectivity index (χ3v) is 6.20. The Morgan fingerprint density at radius 3 is 2.67 bits per heavy atom. The summed E-state index contributed by atoms with van der Waals surface area (Å²) in [6, 6.07) is 6.57. The fourth-order valence-corrected chi connectivity index (χ4v) is 4.56. The topological polar surface area (TPSA) is 21.3 Å². The second kappa shape index (κ2) is 7.81. The Morgan fingerprint density at radius 1 is 1.29 bits per heavy atom. The van der Waals surface area contributed by atoms with E-state index in [9.17, 15) is 4.39 Å². The van der Waals surface area contributed by atoms with Crippen LogP contribution in [0.3, 0.4) is 0 Å². The monoisotopic (exact) mass is 349 g/mol. The zero-order valence-corrected chi connectivity index (χ0v) is 15.3. The van der Waals surface area contributed by atoms with Crippen LogP contribution >= 0.6 is 12.2 Å². The molecular weight excluding hydrogens is 321 g/mol. The van der Waals surface area contributed by atoms with Crippen LogP contribution in [-0.4, -0.2) is 11.3 Å². The Hall–Kier alpha value is -1.16. The molecule has 2 aliphatic rings. The van der Waals surface area contributed by atoms with Gasteiger partial charge in [-0.25, -0.2) is 4.39 Å². The molecular formula is C20H28FNOS. The normalized spacial score (nSPS) is 29.1. The van der Waals surface area contributed by atoms with Crippen molar-refractivity contribution < 1.29 is 9.13 Å². The van der Waals surface area contributed by atoms with Crippen LogP contribution in [0.4, 0.5) is 4.39 Å². The molecule has 1 unspecified atom stereocenters. The molecule has 2 fully saturated rings. The number of hydrogen-bond donors (Lipinski definition) is 1. The van der Waals surface area contributed by atoms with Crippen molar-refractivity contribution in [3.63, 3.8) is 0 Å². The van der Waals surface area contributed by atoms with Gasteiger partial charge >= 0.3 is 0 Å². The van der Waals surface area contributed by atoms with E-state index < -0.39 is 0 Å². The second-order valence-corrected chi connectivity index (χ2v) is 7.88. The number of rotatable bonds is 5. The Labute approximate surface area is 150 Å². The minimum atomic E-state index is -0.220. The maximum atomic E-state index is 13.2. The van der Waals surface area contributed by atoms with Crippen molar-refractivity contribution in [3.8, 4) is 0 Å². The first-order chi connectivity index (χ1) is 11.6. The Bertz CT molecular complexity index is 569. The summed E-state index contributed by atoms with van der Waals surface area (Å²) in [4.78, 5) is 0. The highest BCUT2D eigenvalue weighted by molar-refractivity contribution is 7.80. The minimum absolute atomic E-state index is 0.220. The third-order valence-electron chi connectivity index (χ3n) is 5.96. The Morgan fingerprint density at radius 2 is 2.04 bits per heavy atom. The summed E-state index contributed by atoms with van der Waals surface area (Å²) in [5.74, 6) is 0.697. The van der Waals surface area contributed by atoms with Gasteiger partial charge in [-0.15, -0.1) is 0 Å². The molecule has 0 amide bonds. The van der Waals surface area contributed by atoms with Crippen LogP contribution in [-0.2, 0) is 11.3 Å². The first-order valence-electron chi connectivity index (χ1n) is 9.30. The van der Waals surface area contributed by atoms with Crippen LogP contribution in [0.5, 0.6) is 0 Å². The van der Waals surface area contributed by atoms with Gasteiger partial charge in [-0.2, -0.15) is 0 Å². The summed E-state index contributed by atoms with van der Waals surface area (Å²) in [6.07, 6.45) is 10.6. The summed E-state index contributed by atoms with van der Waals surface area (Å²) in [7, 11) is 0. The maximum absolute atomic E-state index is 13.2. The number of hydrogen-bond acceptors (Lipinski definition) is 2. The molecule has 1 N–H and O–H groups in total. The van der Waals surface area contributed by atoms with Crippen LogP contribution < -0.4 is 5.32 Å². The fraction of sp³-hybridized carbons (Fsp3) is 0.650. The van der Waals surface area contributed by atoms with Crippen LogP contribution in [0.1, 0.15) is 63.9 Å². The number of ether oxygens (including phenoxy) is 1. The highest BCUT2D eigenvalue weighted by Gasteiger charge is 2.50. The summed E-state index contributed by atoms with van der Waals surface area (Å²) < 4.78 is 19.3. The lowest BCUT2D eigenvalue weighted by atomic mass is 9.57. The molecule has 2 aliphatic carbocycles. The molecule has 0 radical (unpaired) electrons. The molecule has 1 atom stereocenters. The zero-order valence-electron chi connectivity index (χ0n) is 14.5. The van der Waals surface area contributed by atoms with Crippen molar-refractivity contribution in [2.45, 2.75) is 70.9 Å². The van der Waals surface area contributed by atoms with Gasteiger partial charge in [0.1, 0.15) is 11.9 Å². The molecule has 0 aliphatic heterocycles. The van der Waals surface area contributed by atoms with Crippen molar-refractivity contribution in [2.75, 3.05) is 0 Å². The van der Waals surface area contributed by atoms with E-state index in [0.717, 1.165) is 17.9 Å². The molecule has 1 aromatic rings. The number of benzene rings is 1. The van der Waals surface area contributed by atoms with Crippen molar-refractivity contribution in [1.82, 2.24) is 5.32 Å². The van der Waals surface area contributed by atoms with Gasteiger partial charge in [0.2, 0.25) is 0 Å². The molecule has 0 saturated heterocycles. The molecule has 3 rings (SSSR count). The highest BCUT2D eigenvalue weighted by atomic mass is 32.1. The second-order valence-electron chi connectivity index (χ2n) is 7.51. The third kappa shape index (κ3) is 4.08. The summed E-state index contributed by atoms with van der Waals surface area (Å²) in [6.45, 7) is 2.79. The maximum Gasteiger partial charge on any atom is 0.257 e. The molecule has 0 aromatic heterocycles. The summed E-state index contributed by atoms with van der Waals surface area (Å²) >= 11 is 5.35. The van der Waals surface area contributed by atoms with Crippen molar-refractivity contribution >= 4 is 17.4 Å². The standard InChI is InChI=1S/C20H28FNOS/c1-2-4-15-7-10-20(11-8-15)12-9-18(20)23-19(24)22-14-16-5-3-6-17(21)13-16/h3,5-6,13,15,18H,2,4,7-12,14H2,1H3,(H,22,24). The first kappa shape index (κ1) is 17.7. The lowest BCUT2D eigenvalue weighted by Gasteiger charge is -2.52. The highest BCUT2D eigenvalue weighted by Crippen LogP contribution is 2.54. The van der Waals surface area contributed by atoms with Gasteiger partial charge in [0, 0.05) is 12.0 Å². The van der Waals surface area contributed by atoms with Gasteiger partial charge in [-0.3, -0.25) is 0 Å². The lowest BCUT2D eigenvalue weighted by molar-refractivity contribution is -0.0862. The van der Waals surface area contributed by atoms with Crippen LogP contribution in [0.25, 0.3) is 0 Å². The van der Waals surface area contributed by atoms with Gasteiger partial charge in [-0.1, -0.05) is 31.9 Å². The predicted molar refractivity (Wildman–Crippen MR) is 99.2 cm³/mol. The molecule has 1 spiro atoms. The van der Waals surface area contributed by atoms with E-state index in [0.29, 0.717) is 17.1 Å². The van der Waals surface area contributed by atoms with Crippen LogP contribution in [0.2, 0.25) is 0 Å². The molecule has 4 heteroatoms. The summed E-state index contributed by atoms with van der Waals surface area (Å²) in [5.41, 5.74) is 1.25. The number of nitrogens with one attached hydrogen (secondary N) is 1. The largest absolute Gasteiger partial charge is 0.467 e. The first-order valence-corrected chi connectivity index (χ1v) is 9.71. The molecule has 0 bridgehead atoms. The van der Waals surface area contributed by atoms with Crippen molar-refractivity contribution in [1.29, 1.82) is 0 Å². The predicted octanol–water partition coefficient (Wildman–Crippen LogP) is 5.36. The smallest absolute Gasteiger partial charge is 0.257 e. The number of halogens is 1. The van der Waals surface area contributed by atoms with Crippen LogP contribution in [0.15, 0.2) is 24.3 Å². The van der Waals surface area contributed by atoms with E-state index in [1.54, 1.807) is 6.07 Å². The number of thiocarbonyl (C=S) groups is 1. The van der Waals surface area contributed by atoms with Gasteiger partial charge in [0.15, 0.2) is 0 Å². The van der Waals surface area contributed by atoms with E-state index in [-0.39, 0.29) is 11.9 Å². The summed E-state index contributed by atoms with van der Waals surface area (Å²) in [5, 5.41) is 3.58. The van der Waals surface area contributed by atoms with Gasteiger partial charge < -0.3 is 10.1 Å². The average Bonchev–Trinajstić information content (AvgIpc) is 2.58. The van der Waals surface area contributed by atoms with E-state index in [4.69, 9.17) is 17.0 Å². The zero-order chi connectivity index (χ0) is 17.0. The average molecular weight is 350 g/mol. The Balaban J connectivity index is 1.45. The van der Waals surface area contributed by atoms with Gasteiger partial charge in [0.05, 0.1) is 0 Å². The van der Waals surface area contributed by atoms with E-state index in [1.807, 2.05) is 6.07 Å². The van der Waals surface area contributed by atoms with Gasteiger partial charge in [-0.05, 0) is 74.4 Å².